The maximum atomic E-state index is 12.1. The van der Waals surface area contributed by atoms with Crippen LogP contribution in [0.1, 0.15) is 57.6 Å². The highest BCUT2D eigenvalue weighted by atomic mass is 16.6. The van der Waals surface area contributed by atoms with Crippen molar-refractivity contribution in [2.45, 2.75) is 64.9 Å². The molecule has 2 rings (SSSR count). The number of aryl methyl sites for hydroxylation is 2. The van der Waals surface area contributed by atoms with E-state index in [1.54, 1.807) is 0 Å². The zero-order chi connectivity index (χ0) is 20.2. The van der Waals surface area contributed by atoms with E-state index in [1.165, 1.54) is 11.1 Å². The van der Waals surface area contributed by atoms with E-state index in [0.29, 0.717) is 12.3 Å². The van der Waals surface area contributed by atoms with E-state index < -0.39 is 5.60 Å². The summed E-state index contributed by atoms with van der Waals surface area (Å²) in [6.07, 6.45) is 10.0. The highest BCUT2D eigenvalue weighted by molar-refractivity contribution is 5.69. The van der Waals surface area contributed by atoms with Crippen LogP contribution in [0.2, 0.25) is 0 Å². The Balaban J connectivity index is 1.86. The first-order valence-corrected chi connectivity index (χ1v) is 10.4. The normalized spacial score (nSPS) is 12.8. The number of rotatable bonds is 10. The largest absolute Gasteiger partial charge is 0.460 e. The number of hydrogen-bond acceptors (Lipinski definition) is 2. The molecule has 0 unspecified atom stereocenters. The van der Waals surface area contributed by atoms with Gasteiger partial charge in [0.25, 0.3) is 0 Å². The van der Waals surface area contributed by atoms with Crippen molar-refractivity contribution in [1.82, 2.24) is 0 Å². The average Bonchev–Trinajstić information content (AvgIpc) is 2.67. The molecule has 0 bridgehead atoms. The fourth-order valence-electron chi connectivity index (χ4n) is 3.21. The van der Waals surface area contributed by atoms with Gasteiger partial charge in [0.2, 0.25) is 0 Å². The van der Waals surface area contributed by atoms with E-state index in [-0.39, 0.29) is 5.97 Å². The van der Waals surface area contributed by atoms with E-state index >= 15 is 0 Å². The quantitative estimate of drug-likeness (QED) is 0.346. The van der Waals surface area contributed by atoms with E-state index in [9.17, 15) is 4.79 Å². The topological polar surface area (TPSA) is 26.3 Å². The molecule has 0 N–H and O–H groups in total. The predicted molar refractivity (Wildman–Crippen MR) is 117 cm³/mol. The van der Waals surface area contributed by atoms with Crippen molar-refractivity contribution in [2.24, 2.45) is 5.92 Å². The molecule has 0 radical (unpaired) electrons. The maximum Gasteiger partial charge on any atom is 0.306 e. The van der Waals surface area contributed by atoms with Gasteiger partial charge in [0.05, 0.1) is 0 Å². The van der Waals surface area contributed by atoms with Gasteiger partial charge in [-0.3, -0.25) is 4.79 Å². The first-order chi connectivity index (χ1) is 13.4. The molecule has 0 aromatic heterocycles. The minimum absolute atomic E-state index is 0.102. The second-order valence-electron chi connectivity index (χ2n) is 8.36. The lowest BCUT2D eigenvalue weighted by Crippen LogP contribution is -2.24. The first kappa shape index (κ1) is 21.9. The van der Waals surface area contributed by atoms with Gasteiger partial charge in [-0.1, -0.05) is 72.8 Å². The summed E-state index contributed by atoms with van der Waals surface area (Å²) in [6.45, 7) is 5.75. The molecule has 28 heavy (non-hydrogen) atoms. The van der Waals surface area contributed by atoms with E-state index in [4.69, 9.17) is 4.74 Å². The summed E-state index contributed by atoms with van der Waals surface area (Å²) in [5.74, 6) is 0.290. The molecule has 0 saturated carbocycles. The summed E-state index contributed by atoms with van der Waals surface area (Å²) in [5, 5.41) is 0. The minimum atomic E-state index is -0.415. The fourth-order valence-corrected chi connectivity index (χ4v) is 3.21. The lowest BCUT2D eigenvalue weighted by molar-refractivity contribution is -0.155. The Kier molecular flexibility index (Phi) is 9.00. The first-order valence-electron chi connectivity index (χ1n) is 10.4. The van der Waals surface area contributed by atoms with Crippen molar-refractivity contribution in [3.63, 3.8) is 0 Å². The van der Waals surface area contributed by atoms with Crippen molar-refractivity contribution in [3.05, 3.63) is 83.9 Å². The number of benzene rings is 2. The van der Waals surface area contributed by atoms with Crippen LogP contribution in [0, 0.1) is 5.92 Å². The summed E-state index contributed by atoms with van der Waals surface area (Å²) in [4.78, 5) is 12.1. The number of hydrogen-bond donors (Lipinski definition) is 0. The summed E-state index contributed by atoms with van der Waals surface area (Å²) in [6, 6.07) is 21.1. The third-order valence-corrected chi connectivity index (χ3v) is 4.64. The third-order valence-electron chi connectivity index (χ3n) is 4.64. The summed E-state index contributed by atoms with van der Waals surface area (Å²) < 4.78 is 5.47. The van der Waals surface area contributed by atoms with Crippen LogP contribution in [0.4, 0.5) is 0 Å². The van der Waals surface area contributed by atoms with Crippen molar-refractivity contribution in [3.8, 4) is 0 Å². The van der Waals surface area contributed by atoms with Gasteiger partial charge in [-0.25, -0.2) is 0 Å². The predicted octanol–water partition coefficient (Wildman–Crippen LogP) is 6.55. The van der Waals surface area contributed by atoms with Crippen LogP contribution in [-0.2, 0) is 22.4 Å². The van der Waals surface area contributed by atoms with Gasteiger partial charge in [-0.2, -0.15) is 0 Å². The van der Waals surface area contributed by atoms with Crippen LogP contribution in [0.25, 0.3) is 0 Å². The molecular formula is C26H34O2. The van der Waals surface area contributed by atoms with Gasteiger partial charge < -0.3 is 4.74 Å². The number of carbonyl (C=O) groups is 1. The average molecular weight is 379 g/mol. The Morgan fingerprint density at radius 1 is 0.893 bits per heavy atom. The molecule has 0 aliphatic rings. The molecule has 0 spiro atoms. The molecule has 2 nitrogen and oxygen atoms in total. The molecule has 1 atom stereocenters. The molecule has 2 aromatic rings. The molecule has 0 heterocycles. The number of ether oxygens (including phenoxy) is 1. The highest BCUT2D eigenvalue weighted by Gasteiger charge is 2.17. The molecule has 2 heteroatoms. The molecule has 150 valence electrons. The highest BCUT2D eigenvalue weighted by Crippen LogP contribution is 2.19. The van der Waals surface area contributed by atoms with E-state index in [1.807, 2.05) is 26.8 Å². The Morgan fingerprint density at radius 2 is 1.46 bits per heavy atom. The molecule has 0 saturated heterocycles. The standard InChI is InChI=1S/C26H34O2/c1-26(2,3)28-25(27)21-20-24(19-18-23-14-8-5-9-15-23)17-11-10-16-22-12-6-4-7-13-22/h4-9,11-15,17,24H,10,16,18-21H2,1-3H3/b17-11+/t24-/m0/s1. The maximum absolute atomic E-state index is 12.1. The third kappa shape index (κ3) is 9.55. The molecule has 0 amide bonds. The van der Waals surface area contributed by atoms with Crippen LogP contribution >= 0.6 is 0 Å². The van der Waals surface area contributed by atoms with Gasteiger partial charge in [0.15, 0.2) is 0 Å². The van der Waals surface area contributed by atoms with Crippen LogP contribution in [0.15, 0.2) is 72.8 Å². The van der Waals surface area contributed by atoms with Crippen molar-refractivity contribution < 1.29 is 9.53 Å². The van der Waals surface area contributed by atoms with E-state index in [0.717, 1.165) is 32.1 Å². The van der Waals surface area contributed by atoms with E-state index in [2.05, 4.69) is 66.7 Å². The summed E-state index contributed by atoms with van der Waals surface area (Å²) in [7, 11) is 0. The molecule has 0 fully saturated rings. The minimum Gasteiger partial charge on any atom is -0.460 e. The van der Waals surface area contributed by atoms with Gasteiger partial charge in [-0.15, -0.1) is 0 Å². The Labute approximate surface area is 170 Å². The van der Waals surface area contributed by atoms with Crippen LogP contribution < -0.4 is 0 Å². The second-order valence-corrected chi connectivity index (χ2v) is 8.36. The van der Waals surface area contributed by atoms with Crippen molar-refractivity contribution in [1.29, 1.82) is 0 Å². The molecule has 0 aliphatic heterocycles. The molecule has 2 aromatic carbocycles. The van der Waals surface area contributed by atoms with Crippen molar-refractivity contribution >= 4 is 5.97 Å². The van der Waals surface area contributed by atoms with Gasteiger partial charge in [-0.05, 0) is 69.9 Å². The SMILES string of the molecule is CC(C)(C)OC(=O)CC[C@@H](/C=C/CCc1ccccc1)CCc1ccccc1. The van der Waals surface area contributed by atoms with Crippen molar-refractivity contribution in [2.75, 3.05) is 0 Å². The Bertz CT molecular complexity index is 711. The molecule has 0 aliphatic carbocycles. The van der Waals surface area contributed by atoms with Crippen LogP contribution in [-0.4, -0.2) is 11.6 Å². The lowest BCUT2D eigenvalue weighted by Gasteiger charge is -2.20. The Hall–Kier alpha value is -2.35. The molecular weight excluding hydrogens is 344 g/mol. The van der Waals surface area contributed by atoms with Gasteiger partial charge in [0, 0.05) is 6.42 Å². The lowest BCUT2D eigenvalue weighted by atomic mass is 9.94. The van der Waals surface area contributed by atoms with Crippen LogP contribution in [0.3, 0.4) is 0 Å². The van der Waals surface area contributed by atoms with Gasteiger partial charge >= 0.3 is 5.97 Å². The fraction of sp³-hybridized carbons (Fsp3) is 0.423. The number of allylic oxidation sites excluding steroid dienone is 2. The Morgan fingerprint density at radius 3 is 2.04 bits per heavy atom. The monoisotopic (exact) mass is 378 g/mol. The zero-order valence-electron chi connectivity index (χ0n) is 17.6. The number of esters is 1. The van der Waals surface area contributed by atoms with Crippen LogP contribution in [0.5, 0.6) is 0 Å². The number of carbonyl (C=O) groups excluding carboxylic acids is 1. The smallest absolute Gasteiger partial charge is 0.306 e. The summed E-state index contributed by atoms with van der Waals surface area (Å²) in [5.41, 5.74) is 2.30. The zero-order valence-corrected chi connectivity index (χ0v) is 17.6. The van der Waals surface area contributed by atoms with Gasteiger partial charge in [0.1, 0.15) is 5.60 Å². The second kappa shape index (κ2) is 11.5. The summed E-state index contributed by atoms with van der Waals surface area (Å²) >= 11 is 0.